The van der Waals surface area contributed by atoms with Gasteiger partial charge in [-0.2, -0.15) is 0 Å². The number of ether oxygens (including phenoxy) is 4. The maximum Gasteiger partial charge on any atom is 0.320 e. The van der Waals surface area contributed by atoms with Gasteiger partial charge in [-0.05, 0) is 56.2 Å². The maximum absolute atomic E-state index is 12.7. The molecule has 8 nitrogen and oxygen atoms in total. The van der Waals surface area contributed by atoms with Gasteiger partial charge in [-0.25, -0.2) is 0 Å². The Labute approximate surface area is 193 Å². The molecule has 8 heteroatoms. The highest BCUT2D eigenvalue weighted by Gasteiger charge is 2.48. The predicted molar refractivity (Wildman–Crippen MR) is 120 cm³/mol. The predicted octanol–water partition coefficient (Wildman–Crippen LogP) is 3.61. The summed E-state index contributed by atoms with van der Waals surface area (Å²) in [6.45, 7) is 5.94. The van der Waals surface area contributed by atoms with E-state index in [2.05, 4.69) is 0 Å². The van der Waals surface area contributed by atoms with Crippen LogP contribution < -0.4 is 14.2 Å². The molecule has 0 aliphatic carbocycles. The van der Waals surface area contributed by atoms with E-state index >= 15 is 0 Å². The second-order valence-corrected chi connectivity index (χ2v) is 9.32. The lowest BCUT2D eigenvalue weighted by Gasteiger charge is -2.28. The molecule has 2 aromatic rings. The second-order valence-electron chi connectivity index (χ2n) is 9.32. The Bertz CT molecular complexity index is 1030. The Hall–Kier alpha value is -3.26. The fraction of sp³-hybridized carbons (Fsp3) is 0.440. The molecule has 2 aliphatic rings. The van der Waals surface area contributed by atoms with E-state index in [4.69, 9.17) is 18.9 Å². The molecule has 0 unspecified atom stereocenters. The smallest absolute Gasteiger partial charge is 0.320 e. The van der Waals surface area contributed by atoms with Crippen LogP contribution in [0.5, 0.6) is 17.2 Å². The molecule has 1 saturated heterocycles. The standard InChI is InChI=1S/C25H29NO7/c1-25(2,3)33-21(27)13-26-12-18(16-7-10-19-20(11-16)32-14-31-19)22(24(28)29)23(26)15-5-8-17(30-4)9-6-15/h5-11,18,22-23H,12-14H2,1-4H3,(H,28,29)/t18-,22+,23-/m1/s1. The lowest BCUT2D eigenvalue weighted by atomic mass is 9.82. The first-order valence-electron chi connectivity index (χ1n) is 10.9. The van der Waals surface area contributed by atoms with Gasteiger partial charge in [-0.3, -0.25) is 14.5 Å². The van der Waals surface area contributed by atoms with E-state index in [1.54, 1.807) is 25.3 Å². The van der Waals surface area contributed by atoms with Crippen molar-refractivity contribution in [2.45, 2.75) is 38.3 Å². The zero-order valence-electron chi connectivity index (χ0n) is 19.2. The number of fused-ring (bicyclic) bond motifs is 1. The average Bonchev–Trinajstić information content (AvgIpc) is 3.36. The number of likely N-dealkylation sites (tertiary alicyclic amines) is 1. The maximum atomic E-state index is 12.7. The van der Waals surface area contributed by atoms with E-state index in [-0.39, 0.29) is 19.3 Å². The number of hydrogen-bond donors (Lipinski definition) is 1. The van der Waals surface area contributed by atoms with Crippen LogP contribution in [0.4, 0.5) is 0 Å². The molecular weight excluding hydrogens is 426 g/mol. The van der Waals surface area contributed by atoms with Crippen molar-refractivity contribution >= 4 is 11.9 Å². The normalized spacial score (nSPS) is 22.2. The average molecular weight is 456 g/mol. The Kier molecular flexibility index (Phi) is 6.21. The van der Waals surface area contributed by atoms with Crippen molar-refractivity contribution in [1.29, 1.82) is 0 Å². The van der Waals surface area contributed by atoms with Crippen molar-refractivity contribution in [3.8, 4) is 17.2 Å². The van der Waals surface area contributed by atoms with Crippen LogP contribution in [0.3, 0.4) is 0 Å². The molecule has 33 heavy (non-hydrogen) atoms. The van der Waals surface area contributed by atoms with Crippen molar-refractivity contribution in [2.24, 2.45) is 5.92 Å². The van der Waals surface area contributed by atoms with E-state index in [0.717, 1.165) is 11.1 Å². The van der Waals surface area contributed by atoms with E-state index in [1.807, 2.05) is 49.9 Å². The molecule has 0 aromatic heterocycles. The zero-order chi connectivity index (χ0) is 23.8. The van der Waals surface area contributed by atoms with E-state index in [9.17, 15) is 14.7 Å². The molecule has 3 atom stereocenters. The Morgan fingerprint density at radius 2 is 1.73 bits per heavy atom. The monoisotopic (exact) mass is 455 g/mol. The second kappa shape index (κ2) is 8.94. The molecule has 2 heterocycles. The van der Waals surface area contributed by atoms with Crippen molar-refractivity contribution in [3.05, 3.63) is 53.6 Å². The van der Waals surface area contributed by atoms with Gasteiger partial charge in [0.2, 0.25) is 6.79 Å². The molecule has 1 N–H and O–H groups in total. The quantitative estimate of drug-likeness (QED) is 0.661. The van der Waals surface area contributed by atoms with Crippen molar-refractivity contribution in [3.63, 3.8) is 0 Å². The molecule has 0 bridgehead atoms. The molecule has 0 amide bonds. The van der Waals surface area contributed by atoms with Gasteiger partial charge in [-0.1, -0.05) is 18.2 Å². The highest BCUT2D eigenvalue weighted by atomic mass is 16.7. The van der Waals surface area contributed by atoms with Gasteiger partial charge >= 0.3 is 11.9 Å². The molecule has 2 aromatic carbocycles. The summed E-state index contributed by atoms with van der Waals surface area (Å²) in [7, 11) is 1.58. The lowest BCUT2D eigenvalue weighted by Crippen LogP contribution is -2.36. The minimum atomic E-state index is -0.926. The number of carbonyl (C=O) groups excluding carboxylic acids is 1. The van der Waals surface area contributed by atoms with Crippen molar-refractivity contribution in [2.75, 3.05) is 27.0 Å². The SMILES string of the molecule is COc1ccc([C@@H]2[C@@H](C(=O)O)[C@@H](c3ccc4c(c3)OCO4)CN2CC(=O)OC(C)(C)C)cc1. The Morgan fingerprint density at radius 3 is 2.36 bits per heavy atom. The molecule has 0 saturated carbocycles. The van der Waals surface area contributed by atoms with Crippen molar-refractivity contribution in [1.82, 2.24) is 4.90 Å². The Balaban J connectivity index is 1.71. The number of hydrogen-bond acceptors (Lipinski definition) is 7. The highest BCUT2D eigenvalue weighted by molar-refractivity contribution is 5.75. The van der Waals surface area contributed by atoms with E-state index < -0.39 is 29.5 Å². The van der Waals surface area contributed by atoms with Crippen LogP contribution >= 0.6 is 0 Å². The molecule has 4 rings (SSSR count). The third-order valence-corrected chi connectivity index (χ3v) is 5.92. The first kappa shape index (κ1) is 22.9. The van der Waals surface area contributed by atoms with Crippen LogP contribution in [-0.4, -0.2) is 54.5 Å². The van der Waals surface area contributed by atoms with Gasteiger partial charge in [0.05, 0.1) is 19.6 Å². The molecule has 2 aliphatic heterocycles. The fourth-order valence-electron chi connectivity index (χ4n) is 4.61. The number of carboxylic acids is 1. The number of carbonyl (C=O) groups is 2. The van der Waals surface area contributed by atoms with Crippen LogP contribution in [-0.2, 0) is 14.3 Å². The van der Waals surface area contributed by atoms with Gasteiger partial charge < -0.3 is 24.1 Å². The van der Waals surface area contributed by atoms with Crippen LogP contribution in [0.15, 0.2) is 42.5 Å². The van der Waals surface area contributed by atoms with Crippen LogP contribution in [0, 0.1) is 5.92 Å². The molecule has 0 radical (unpaired) electrons. The van der Waals surface area contributed by atoms with Crippen LogP contribution in [0.1, 0.15) is 43.9 Å². The summed E-state index contributed by atoms with van der Waals surface area (Å²) in [6, 6.07) is 12.3. The van der Waals surface area contributed by atoms with Gasteiger partial charge in [0.25, 0.3) is 0 Å². The molecule has 0 spiro atoms. The molecule has 176 valence electrons. The number of nitrogens with zero attached hydrogens (tertiary/aromatic N) is 1. The summed E-state index contributed by atoms with van der Waals surface area (Å²) in [5, 5.41) is 10.3. The Morgan fingerprint density at radius 1 is 1.06 bits per heavy atom. The number of carboxylic acid groups (broad SMARTS) is 1. The number of methoxy groups -OCH3 is 1. The lowest BCUT2D eigenvalue weighted by molar-refractivity contribution is -0.157. The minimum absolute atomic E-state index is 0.0151. The number of benzene rings is 2. The summed E-state index contributed by atoms with van der Waals surface area (Å²) >= 11 is 0. The van der Waals surface area contributed by atoms with E-state index in [1.165, 1.54) is 0 Å². The highest BCUT2D eigenvalue weighted by Crippen LogP contribution is 2.47. The summed E-state index contributed by atoms with van der Waals surface area (Å²) in [5.74, 6) is -0.534. The van der Waals surface area contributed by atoms with Gasteiger partial charge in [0.15, 0.2) is 11.5 Å². The van der Waals surface area contributed by atoms with Gasteiger partial charge in [0.1, 0.15) is 11.4 Å². The molecule has 1 fully saturated rings. The molecular formula is C25H29NO7. The third kappa shape index (κ3) is 4.90. The van der Waals surface area contributed by atoms with Crippen molar-refractivity contribution < 1.29 is 33.6 Å². The topological polar surface area (TPSA) is 94.5 Å². The number of rotatable bonds is 6. The first-order chi connectivity index (χ1) is 15.7. The summed E-state index contributed by atoms with van der Waals surface area (Å²) < 4.78 is 21.7. The summed E-state index contributed by atoms with van der Waals surface area (Å²) in [4.78, 5) is 27.2. The third-order valence-electron chi connectivity index (χ3n) is 5.92. The first-order valence-corrected chi connectivity index (χ1v) is 10.9. The number of esters is 1. The van der Waals surface area contributed by atoms with Crippen LogP contribution in [0.25, 0.3) is 0 Å². The fourth-order valence-corrected chi connectivity index (χ4v) is 4.61. The van der Waals surface area contributed by atoms with E-state index in [0.29, 0.717) is 23.8 Å². The minimum Gasteiger partial charge on any atom is -0.497 e. The number of aliphatic carboxylic acids is 1. The summed E-state index contributed by atoms with van der Waals surface area (Å²) in [6.07, 6.45) is 0. The largest absolute Gasteiger partial charge is 0.497 e. The zero-order valence-corrected chi connectivity index (χ0v) is 19.2. The van der Waals surface area contributed by atoms with Gasteiger partial charge in [-0.15, -0.1) is 0 Å². The van der Waals surface area contributed by atoms with Gasteiger partial charge in [0, 0.05) is 18.5 Å². The summed E-state index contributed by atoms with van der Waals surface area (Å²) in [5.41, 5.74) is 1.00. The van der Waals surface area contributed by atoms with Crippen LogP contribution in [0.2, 0.25) is 0 Å².